The number of hydrogen-bond acceptors (Lipinski definition) is 5. The van der Waals surface area contributed by atoms with E-state index in [1.165, 1.54) is 10.6 Å². The third kappa shape index (κ3) is 4.82. The summed E-state index contributed by atoms with van der Waals surface area (Å²) in [6.45, 7) is 1.55. The van der Waals surface area contributed by atoms with Gasteiger partial charge in [-0.3, -0.25) is 14.8 Å². The van der Waals surface area contributed by atoms with Gasteiger partial charge in [0.25, 0.3) is 5.91 Å². The number of piperidine rings is 1. The molecule has 2 fully saturated rings. The van der Waals surface area contributed by atoms with E-state index in [1.54, 1.807) is 12.4 Å². The Labute approximate surface area is 171 Å². The van der Waals surface area contributed by atoms with Gasteiger partial charge in [0.1, 0.15) is 0 Å². The number of hydrogen-bond donors (Lipinski definition) is 0. The van der Waals surface area contributed by atoms with Crippen LogP contribution in [0.5, 0.6) is 0 Å². The van der Waals surface area contributed by atoms with Crippen LogP contribution in [0.2, 0.25) is 0 Å². The molecule has 8 heteroatoms. The molecule has 29 heavy (non-hydrogen) atoms. The number of carbonyl (C=O) groups is 1. The van der Waals surface area contributed by atoms with Gasteiger partial charge in [-0.1, -0.05) is 6.07 Å². The van der Waals surface area contributed by atoms with Gasteiger partial charge in [-0.25, -0.2) is 12.7 Å². The molecule has 0 radical (unpaired) electrons. The van der Waals surface area contributed by atoms with E-state index in [0.29, 0.717) is 25.2 Å². The standard InChI is InChI=1S/C21H26N4O3S/c1-29(27,28)24-12-9-16(10-13-24)20-8-5-17(14-23-20)21(26)25(19-6-7-19)15-18-4-2-3-11-22-18/h2-5,8,11,14,16,19H,6-7,9-10,12-13,15H2,1H3. The van der Waals surface area contributed by atoms with E-state index in [2.05, 4.69) is 9.97 Å². The summed E-state index contributed by atoms with van der Waals surface area (Å²) in [5.41, 5.74) is 2.40. The predicted octanol–water partition coefficient (Wildman–Crippen LogP) is 2.42. The summed E-state index contributed by atoms with van der Waals surface area (Å²) < 4.78 is 24.9. The van der Waals surface area contributed by atoms with Crippen LogP contribution in [-0.2, 0) is 16.6 Å². The van der Waals surface area contributed by atoms with Gasteiger partial charge in [-0.2, -0.15) is 0 Å². The number of amides is 1. The second kappa shape index (κ2) is 8.20. The Bertz CT molecular complexity index is 951. The molecule has 1 aliphatic carbocycles. The maximum Gasteiger partial charge on any atom is 0.256 e. The van der Waals surface area contributed by atoms with Crippen molar-refractivity contribution in [2.45, 2.75) is 44.2 Å². The van der Waals surface area contributed by atoms with Crippen LogP contribution >= 0.6 is 0 Å². The molecule has 0 atom stereocenters. The normalized spacial score (nSPS) is 18.5. The Morgan fingerprint density at radius 2 is 1.86 bits per heavy atom. The molecule has 7 nitrogen and oxygen atoms in total. The fourth-order valence-electron chi connectivity index (χ4n) is 3.84. The molecule has 154 valence electrons. The van der Waals surface area contributed by atoms with Crippen molar-refractivity contribution in [2.75, 3.05) is 19.3 Å². The van der Waals surface area contributed by atoms with Gasteiger partial charge in [0.15, 0.2) is 0 Å². The first-order valence-electron chi connectivity index (χ1n) is 10.0. The van der Waals surface area contributed by atoms with Crippen molar-refractivity contribution in [3.63, 3.8) is 0 Å². The Balaban J connectivity index is 1.42. The molecule has 1 saturated heterocycles. The quantitative estimate of drug-likeness (QED) is 0.725. The third-order valence-corrected chi connectivity index (χ3v) is 6.98. The van der Waals surface area contributed by atoms with Gasteiger partial charge in [-0.05, 0) is 49.9 Å². The lowest BCUT2D eigenvalue weighted by atomic mass is 9.94. The second-order valence-electron chi connectivity index (χ2n) is 7.89. The van der Waals surface area contributed by atoms with Crippen molar-refractivity contribution in [1.29, 1.82) is 0 Å². The van der Waals surface area contributed by atoms with Gasteiger partial charge in [0, 0.05) is 43.1 Å². The molecule has 2 aromatic heterocycles. The highest BCUT2D eigenvalue weighted by molar-refractivity contribution is 7.88. The van der Waals surface area contributed by atoms with E-state index < -0.39 is 10.0 Å². The average Bonchev–Trinajstić information content (AvgIpc) is 3.57. The summed E-state index contributed by atoms with van der Waals surface area (Å²) in [5, 5.41) is 0. The molecule has 0 aromatic carbocycles. The molecule has 1 saturated carbocycles. The molecule has 0 bridgehead atoms. The SMILES string of the molecule is CS(=O)(=O)N1CCC(c2ccc(C(=O)N(Cc3ccccn3)C3CC3)cn2)CC1. The van der Waals surface area contributed by atoms with Gasteiger partial charge in [0.2, 0.25) is 10.0 Å². The molecule has 3 heterocycles. The molecule has 4 rings (SSSR count). The monoisotopic (exact) mass is 414 g/mol. The first-order valence-corrected chi connectivity index (χ1v) is 11.9. The Morgan fingerprint density at radius 1 is 1.10 bits per heavy atom. The molecule has 0 N–H and O–H groups in total. The lowest BCUT2D eigenvalue weighted by Crippen LogP contribution is -2.37. The van der Waals surface area contributed by atoms with E-state index >= 15 is 0 Å². The van der Waals surface area contributed by atoms with Crippen LogP contribution in [0.3, 0.4) is 0 Å². The lowest BCUT2D eigenvalue weighted by molar-refractivity contribution is 0.0727. The summed E-state index contributed by atoms with van der Waals surface area (Å²) >= 11 is 0. The zero-order valence-corrected chi connectivity index (χ0v) is 17.4. The van der Waals surface area contributed by atoms with Crippen LogP contribution in [0.4, 0.5) is 0 Å². The fraction of sp³-hybridized carbons (Fsp3) is 0.476. The van der Waals surface area contributed by atoms with E-state index in [1.807, 2.05) is 35.2 Å². The number of aromatic nitrogens is 2. The molecule has 0 unspecified atom stereocenters. The van der Waals surface area contributed by atoms with Gasteiger partial charge in [-0.15, -0.1) is 0 Å². The summed E-state index contributed by atoms with van der Waals surface area (Å²) in [6.07, 6.45) is 8.22. The molecule has 2 aromatic rings. The first-order chi connectivity index (χ1) is 13.9. The van der Waals surface area contributed by atoms with Crippen molar-refractivity contribution in [3.05, 3.63) is 59.7 Å². The second-order valence-corrected chi connectivity index (χ2v) is 9.88. The molecule has 1 amide bonds. The van der Waals surface area contributed by atoms with Crippen molar-refractivity contribution >= 4 is 15.9 Å². The molecule has 2 aliphatic rings. The highest BCUT2D eigenvalue weighted by Crippen LogP contribution is 2.31. The van der Waals surface area contributed by atoms with Gasteiger partial charge in [0.05, 0.1) is 24.1 Å². The van der Waals surface area contributed by atoms with Crippen molar-refractivity contribution in [3.8, 4) is 0 Å². The van der Waals surface area contributed by atoms with Crippen LogP contribution in [0.15, 0.2) is 42.7 Å². The largest absolute Gasteiger partial charge is 0.330 e. The zero-order valence-electron chi connectivity index (χ0n) is 16.6. The summed E-state index contributed by atoms with van der Waals surface area (Å²) in [5.74, 6) is 0.217. The maximum atomic E-state index is 13.1. The summed E-state index contributed by atoms with van der Waals surface area (Å²) in [6, 6.07) is 9.79. The van der Waals surface area contributed by atoms with Crippen LogP contribution in [0.25, 0.3) is 0 Å². The minimum atomic E-state index is -3.13. The molecule has 1 aliphatic heterocycles. The Hall–Kier alpha value is -2.32. The topological polar surface area (TPSA) is 83.5 Å². The third-order valence-electron chi connectivity index (χ3n) is 5.68. The number of rotatable bonds is 6. The fourth-order valence-corrected chi connectivity index (χ4v) is 4.72. The zero-order chi connectivity index (χ0) is 20.4. The lowest BCUT2D eigenvalue weighted by Gasteiger charge is -2.30. The van der Waals surface area contributed by atoms with Crippen LogP contribution in [0, 0.1) is 0 Å². The van der Waals surface area contributed by atoms with E-state index in [-0.39, 0.29) is 17.9 Å². The molecular weight excluding hydrogens is 388 g/mol. The minimum absolute atomic E-state index is 0.0101. The number of pyridine rings is 2. The van der Waals surface area contributed by atoms with Crippen molar-refractivity contribution in [2.24, 2.45) is 0 Å². The van der Waals surface area contributed by atoms with Gasteiger partial charge >= 0.3 is 0 Å². The Morgan fingerprint density at radius 3 is 2.41 bits per heavy atom. The van der Waals surface area contributed by atoms with Crippen LogP contribution < -0.4 is 0 Å². The highest BCUT2D eigenvalue weighted by atomic mass is 32.2. The van der Waals surface area contributed by atoms with Crippen LogP contribution in [0.1, 0.15) is 53.3 Å². The predicted molar refractivity (Wildman–Crippen MR) is 110 cm³/mol. The molecular formula is C21H26N4O3S. The van der Waals surface area contributed by atoms with E-state index in [4.69, 9.17) is 0 Å². The average molecular weight is 415 g/mol. The number of nitrogens with zero attached hydrogens (tertiary/aromatic N) is 4. The van der Waals surface area contributed by atoms with Crippen molar-refractivity contribution < 1.29 is 13.2 Å². The van der Waals surface area contributed by atoms with E-state index in [9.17, 15) is 13.2 Å². The summed E-state index contributed by atoms with van der Waals surface area (Å²) in [4.78, 5) is 23.8. The highest BCUT2D eigenvalue weighted by Gasteiger charge is 2.33. The first kappa shape index (κ1) is 20.0. The molecule has 0 spiro atoms. The van der Waals surface area contributed by atoms with Crippen molar-refractivity contribution in [1.82, 2.24) is 19.2 Å². The number of sulfonamides is 1. The minimum Gasteiger partial charge on any atom is -0.330 e. The van der Waals surface area contributed by atoms with E-state index in [0.717, 1.165) is 37.1 Å². The summed E-state index contributed by atoms with van der Waals surface area (Å²) in [7, 11) is -3.13. The number of carbonyl (C=O) groups excluding carboxylic acids is 1. The maximum absolute atomic E-state index is 13.1. The smallest absolute Gasteiger partial charge is 0.256 e. The van der Waals surface area contributed by atoms with Crippen LogP contribution in [-0.4, -0.2) is 58.9 Å². The van der Waals surface area contributed by atoms with Gasteiger partial charge < -0.3 is 4.90 Å². The Kier molecular flexibility index (Phi) is 5.65.